The van der Waals surface area contributed by atoms with Gasteiger partial charge in [-0.2, -0.15) is 0 Å². The minimum absolute atomic E-state index is 0.00256. The van der Waals surface area contributed by atoms with Crippen molar-refractivity contribution in [3.05, 3.63) is 47.5 Å². The van der Waals surface area contributed by atoms with Gasteiger partial charge in [0.2, 0.25) is 18.2 Å². The van der Waals surface area contributed by atoms with Gasteiger partial charge in [-0.05, 0) is 30.7 Å². The first-order valence-electron chi connectivity index (χ1n) is 9.49. The molecule has 0 aliphatic rings. The van der Waals surface area contributed by atoms with Crippen molar-refractivity contribution in [1.82, 2.24) is 0 Å². The molecule has 2 aromatic rings. The summed E-state index contributed by atoms with van der Waals surface area (Å²) in [5.74, 6) is 1.07. The van der Waals surface area contributed by atoms with E-state index in [0.29, 0.717) is 18.6 Å². The number of carbonyl (C=O) groups is 2. The van der Waals surface area contributed by atoms with E-state index in [0.717, 1.165) is 0 Å². The Kier molecular flexibility index (Phi) is 8.07. The fourth-order valence-corrected chi connectivity index (χ4v) is 5.60. The summed E-state index contributed by atoms with van der Waals surface area (Å²) >= 11 is 0. The maximum absolute atomic E-state index is 14.0. The molecule has 0 saturated carbocycles. The molecule has 1 unspecified atom stereocenters. The van der Waals surface area contributed by atoms with Crippen LogP contribution in [0.25, 0.3) is 0 Å². The highest BCUT2D eigenvalue weighted by Crippen LogP contribution is 2.56. The molecule has 0 N–H and O–H groups in total. The monoisotopic (exact) mass is 434 g/mol. The second-order valence-electron chi connectivity index (χ2n) is 6.53. The molecule has 0 spiro atoms. The van der Waals surface area contributed by atoms with Crippen molar-refractivity contribution in [3.63, 3.8) is 0 Å². The lowest BCUT2D eigenvalue weighted by Gasteiger charge is -2.20. The Hall–Kier alpha value is -2.79. The molecule has 0 amide bonds. The molecule has 0 radical (unpaired) electrons. The Labute approximate surface area is 176 Å². The first-order chi connectivity index (χ1) is 14.4. The van der Waals surface area contributed by atoms with Gasteiger partial charge in [0, 0.05) is 12.2 Å². The Morgan fingerprint density at radius 2 is 1.43 bits per heavy atom. The normalized spacial score (nSPS) is 12.6. The highest BCUT2D eigenvalue weighted by Gasteiger charge is 2.43. The number of ether oxygens (including phenoxy) is 4. The van der Waals surface area contributed by atoms with Crippen LogP contribution in [0.15, 0.2) is 36.4 Å². The average molecular weight is 434 g/mol. The van der Waals surface area contributed by atoms with Gasteiger partial charge in [0.15, 0.2) is 0 Å². The van der Waals surface area contributed by atoms with E-state index in [-0.39, 0.29) is 34.5 Å². The van der Waals surface area contributed by atoms with Gasteiger partial charge in [-0.25, -0.2) is 0 Å². The van der Waals surface area contributed by atoms with Gasteiger partial charge in [0.1, 0.15) is 28.6 Å². The molecule has 0 saturated heterocycles. The summed E-state index contributed by atoms with van der Waals surface area (Å²) in [6, 6.07) is 9.33. The number of unbranched alkanes of at least 4 members (excludes halogenated alkanes) is 1. The van der Waals surface area contributed by atoms with E-state index in [2.05, 4.69) is 0 Å². The lowest BCUT2D eigenvalue weighted by Crippen LogP contribution is -2.16. The van der Waals surface area contributed by atoms with Crippen LogP contribution in [-0.4, -0.2) is 45.6 Å². The molecular formula is C22H27O7P. The lowest BCUT2D eigenvalue weighted by atomic mass is 10.2. The fraction of sp³-hybridized carbons (Fsp3) is 0.364. The molecule has 0 aromatic heterocycles. The molecule has 0 aliphatic heterocycles. The third-order valence-corrected chi connectivity index (χ3v) is 7.49. The molecule has 30 heavy (non-hydrogen) atoms. The summed E-state index contributed by atoms with van der Waals surface area (Å²) < 4.78 is 35.1. The van der Waals surface area contributed by atoms with Crippen LogP contribution in [0.5, 0.6) is 23.0 Å². The summed E-state index contributed by atoms with van der Waals surface area (Å²) in [6.45, 7) is 1.90. The number of hydrogen-bond acceptors (Lipinski definition) is 7. The maximum Gasteiger partial charge on any atom is 0.236 e. The largest absolute Gasteiger partial charge is 0.497 e. The summed E-state index contributed by atoms with van der Waals surface area (Å²) in [4.78, 5) is 27.0. The Morgan fingerprint density at radius 3 is 1.93 bits per heavy atom. The second-order valence-corrected chi connectivity index (χ2v) is 9.27. The van der Waals surface area contributed by atoms with Gasteiger partial charge in [-0.3, -0.25) is 9.59 Å². The molecule has 2 rings (SSSR count). The van der Waals surface area contributed by atoms with Gasteiger partial charge in [0.05, 0.1) is 34.0 Å². The van der Waals surface area contributed by atoms with Gasteiger partial charge in [0.25, 0.3) is 0 Å². The summed E-state index contributed by atoms with van der Waals surface area (Å²) in [5, 5.41) is 0. The van der Waals surface area contributed by atoms with Crippen LogP contribution in [0, 0.1) is 0 Å². The van der Waals surface area contributed by atoms with E-state index in [4.69, 9.17) is 18.9 Å². The number of carbonyl (C=O) groups excluding carboxylic acids is 2. The average Bonchev–Trinajstić information content (AvgIpc) is 2.80. The molecule has 0 aliphatic carbocycles. The van der Waals surface area contributed by atoms with E-state index in [1.807, 2.05) is 6.92 Å². The van der Waals surface area contributed by atoms with E-state index in [9.17, 15) is 14.2 Å². The molecule has 2 aromatic carbocycles. The van der Waals surface area contributed by atoms with Crippen LogP contribution < -0.4 is 18.9 Å². The molecule has 1 atom stereocenters. The predicted molar refractivity (Wildman–Crippen MR) is 115 cm³/mol. The number of hydrogen-bond donors (Lipinski definition) is 0. The Morgan fingerprint density at radius 1 is 0.833 bits per heavy atom. The molecular weight excluding hydrogens is 407 g/mol. The van der Waals surface area contributed by atoms with Crippen molar-refractivity contribution in [2.75, 3.05) is 34.6 Å². The van der Waals surface area contributed by atoms with Gasteiger partial charge < -0.3 is 23.5 Å². The van der Waals surface area contributed by atoms with Crippen LogP contribution in [0.4, 0.5) is 0 Å². The Bertz CT molecular complexity index is 946. The minimum atomic E-state index is -4.06. The third-order valence-electron chi connectivity index (χ3n) is 4.76. The molecule has 0 fully saturated rings. The zero-order chi connectivity index (χ0) is 22.3. The van der Waals surface area contributed by atoms with Crippen LogP contribution >= 0.6 is 7.14 Å². The summed E-state index contributed by atoms with van der Waals surface area (Å²) in [7, 11) is 1.62. The van der Waals surface area contributed by atoms with Crippen LogP contribution in [-0.2, 0) is 4.57 Å². The van der Waals surface area contributed by atoms with Crippen molar-refractivity contribution in [1.29, 1.82) is 0 Å². The number of rotatable bonds is 11. The third kappa shape index (κ3) is 4.51. The van der Waals surface area contributed by atoms with Gasteiger partial charge in [-0.1, -0.05) is 19.4 Å². The molecule has 8 heteroatoms. The van der Waals surface area contributed by atoms with Crippen LogP contribution in [0.2, 0.25) is 0 Å². The Balaban J connectivity index is 2.66. The molecule has 0 bridgehead atoms. The SMILES string of the molecule is CCCCP(=O)(C(=O)c1ccc(OC)cc1OC)C(=O)c1c(OC)cccc1OC. The van der Waals surface area contributed by atoms with E-state index in [1.165, 1.54) is 40.6 Å². The van der Waals surface area contributed by atoms with E-state index in [1.54, 1.807) is 24.3 Å². The quantitative estimate of drug-likeness (QED) is 0.467. The van der Waals surface area contributed by atoms with Crippen LogP contribution in [0.1, 0.15) is 40.5 Å². The minimum Gasteiger partial charge on any atom is -0.497 e. The summed E-state index contributed by atoms with van der Waals surface area (Å²) in [5.41, 5.74) is -1.47. The van der Waals surface area contributed by atoms with Gasteiger partial charge in [-0.15, -0.1) is 0 Å². The zero-order valence-corrected chi connectivity index (χ0v) is 18.8. The highest BCUT2D eigenvalue weighted by atomic mass is 31.2. The standard InChI is InChI=1S/C22H27O7P/c1-6-7-13-30(25,21(23)16-12-11-15(26-2)14-19(16)29-5)22(24)20-17(27-3)9-8-10-18(20)28-4/h8-12,14H,6-7,13H2,1-5H3. The number of benzene rings is 2. The van der Waals surface area contributed by atoms with Crippen molar-refractivity contribution < 1.29 is 33.1 Å². The predicted octanol–water partition coefficient (Wildman–Crippen LogP) is 4.86. The number of methoxy groups -OCH3 is 4. The van der Waals surface area contributed by atoms with Crippen molar-refractivity contribution in [2.45, 2.75) is 19.8 Å². The molecule has 0 heterocycles. The van der Waals surface area contributed by atoms with E-state index < -0.39 is 18.2 Å². The highest BCUT2D eigenvalue weighted by molar-refractivity contribution is 7.95. The van der Waals surface area contributed by atoms with E-state index >= 15 is 0 Å². The fourth-order valence-electron chi connectivity index (χ4n) is 3.09. The first kappa shape index (κ1) is 23.5. The lowest BCUT2D eigenvalue weighted by molar-refractivity contribution is 0.103. The van der Waals surface area contributed by atoms with Crippen molar-refractivity contribution in [3.8, 4) is 23.0 Å². The van der Waals surface area contributed by atoms with Crippen molar-refractivity contribution in [2.24, 2.45) is 0 Å². The van der Waals surface area contributed by atoms with Gasteiger partial charge >= 0.3 is 0 Å². The smallest absolute Gasteiger partial charge is 0.236 e. The summed E-state index contributed by atoms with van der Waals surface area (Å²) in [6.07, 6.45) is 1.07. The van der Waals surface area contributed by atoms with Crippen molar-refractivity contribution >= 4 is 18.2 Å². The second kappa shape index (κ2) is 10.3. The zero-order valence-electron chi connectivity index (χ0n) is 17.9. The molecule has 7 nitrogen and oxygen atoms in total. The van der Waals surface area contributed by atoms with Crippen LogP contribution in [0.3, 0.4) is 0 Å². The molecule has 162 valence electrons. The topological polar surface area (TPSA) is 88.1 Å². The first-order valence-corrected chi connectivity index (χ1v) is 11.4. The maximum atomic E-state index is 14.0.